The van der Waals surface area contributed by atoms with E-state index in [9.17, 15) is 0 Å². The first-order valence-electron chi connectivity index (χ1n) is 7.39. The molecule has 1 aromatic rings. The van der Waals surface area contributed by atoms with Crippen LogP contribution >= 0.6 is 35.3 Å². The van der Waals surface area contributed by atoms with Gasteiger partial charge in [0.1, 0.15) is 0 Å². The molecule has 0 bridgehead atoms. The fourth-order valence-electron chi connectivity index (χ4n) is 1.82. The zero-order valence-electron chi connectivity index (χ0n) is 14.0. The molecule has 22 heavy (non-hydrogen) atoms. The van der Waals surface area contributed by atoms with Crippen molar-refractivity contribution in [3.63, 3.8) is 0 Å². The minimum atomic E-state index is 0. The molecule has 0 aliphatic carbocycles. The van der Waals surface area contributed by atoms with Crippen LogP contribution in [0.3, 0.4) is 0 Å². The predicted molar refractivity (Wildman–Crippen MR) is 107 cm³/mol. The molecule has 0 aliphatic rings. The van der Waals surface area contributed by atoms with Gasteiger partial charge in [0.25, 0.3) is 0 Å². The van der Waals surface area contributed by atoms with E-state index in [1.807, 2.05) is 11.3 Å². The lowest BCUT2D eigenvalue weighted by atomic mass is 10.4. The van der Waals surface area contributed by atoms with Crippen molar-refractivity contribution >= 4 is 41.3 Å². The highest BCUT2D eigenvalue weighted by Crippen LogP contribution is 2.16. The molecule has 0 saturated heterocycles. The van der Waals surface area contributed by atoms with Crippen LogP contribution in [0.2, 0.25) is 0 Å². The number of aliphatic imine (C=N–C) groups is 1. The maximum absolute atomic E-state index is 5.06. The topological polar surface area (TPSA) is 48.9 Å². The molecule has 0 fully saturated rings. The number of aryl methyl sites for hydroxylation is 1. The molecule has 7 heteroatoms. The summed E-state index contributed by atoms with van der Waals surface area (Å²) >= 11 is 1.86. The van der Waals surface area contributed by atoms with Crippen LogP contribution in [0.25, 0.3) is 0 Å². The predicted octanol–water partition coefficient (Wildman–Crippen LogP) is 2.17. The first-order chi connectivity index (χ1) is 10.2. The van der Waals surface area contributed by atoms with Gasteiger partial charge in [-0.3, -0.25) is 4.99 Å². The number of nitrogens with one attached hydrogen (secondary N) is 2. The number of methoxy groups -OCH3 is 1. The third-order valence-corrected chi connectivity index (χ3v) is 4.41. The van der Waals surface area contributed by atoms with Crippen LogP contribution in [0.5, 0.6) is 0 Å². The standard InChI is InChI=1S/C15H28N4OS.HI/c1-5-13-6-7-14(21-13)12-18-15(16-2)17-8-9-19(3)10-11-20-4;/h6-7H,5,8-12H2,1-4H3,(H2,16,17,18);1H. The first kappa shape index (κ1) is 21.6. The number of thiophene rings is 1. The molecule has 0 amide bonds. The number of likely N-dealkylation sites (N-methyl/N-ethyl adjacent to an activating group) is 1. The van der Waals surface area contributed by atoms with Crippen molar-refractivity contribution in [3.05, 3.63) is 21.9 Å². The molecular weight excluding hydrogens is 411 g/mol. The van der Waals surface area contributed by atoms with Gasteiger partial charge in [0.05, 0.1) is 13.2 Å². The summed E-state index contributed by atoms with van der Waals surface area (Å²) in [6.45, 7) is 6.54. The van der Waals surface area contributed by atoms with Gasteiger partial charge in [-0.2, -0.15) is 0 Å². The lowest BCUT2D eigenvalue weighted by Gasteiger charge is -2.17. The summed E-state index contributed by atoms with van der Waals surface area (Å²) < 4.78 is 5.06. The Morgan fingerprint density at radius 3 is 2.59 bits per heavy atom. The highest BCUT2D eigenvalue weighted by Gasteiger charge is 2.02. The van der Waals surface area contributed by atoms with E-state index in [1.165, 1.54) is 9.75 Å². The second-order valence-corrected chi connectivity index (χ2v) is 6.12. The minimum absolute atomic E-state index is 0. The van der Waals surface area contributed by atoms with Crippen LogP contribution in [0.15, 0.2) is 17.1 Å². The van der Waals surface area contributed by atoms with Gasteiger partial charge in [0.2, 0.25) is 0 Å². The van der Waals surface area contributed by atoms with Crippen LogP contribution in [-0.2, 0) is 17.7 Å². The Morgan fingerprint density at radius 1 is 1.27 bits per heavy atom. The summed E-state index contributed by atoms with van der Waals surface area (Å²) in [4.78, 5) is 9.24. The Hall–Kier alpha value is -0.380. The van der Waals surface area contributed by atoms with Crippen LogP contribution < -0.4 is 10.6 Å². The average Bonchev–Trinajstić information content (AvgIpc) is 2.96. The maximum Gasteiger partial charge on any atom is 0.191 e. The molecule has 0 unspecified atom stereocenters. The summed E-state index contributed by atoms with van der Waals surface area (Å²) in [7, 11) is 5.62. The normalized spacial score (nSPS) is 11.4. The maximum atomic E-state index is 5.06. The molecule has 0 saturated carbocycles. The second-order valence-electron chi connectivity index (χ2n) is 4.87. The molecule has 0 aromatic carbocycles. The summed E-state index contributed by atoms with van der Waals surface area (Å²) in [5, 5.41) is 6.67. The van der Waals surface area contributed by atoms with E-state index in [-0.39, 0.29) is 24.0 Å². The number of rotatable bonds is 9. The number of halogens is 1. The molecule has 5 nitrogen and oxygen atoms in total. The van der Waals surface area contributed by atoms with Gasteiger partial charge >= 0.3 is 0 Å². The third-order valence-electron chi connectivity index (χ3n) is 3.18. The lowest BCUT2D eigenvalue weighted by molar-refractivity contribution is 0.162. The highest BCUT2D eigenvalue weighted by atomic mass is 127. The van der Waals surface area contributed by atoms with Gasteiger partial charge in [-0.25, -0.2) is 0 Å². The van der Waals surface area contributed by atoms with Gasteiger partial charge in [-0.15, -0.1) is 35.3 Å². The molecule has 0 radical (unpaired) electrons. The van der Waals surface area contributed by atoms with E-state index in [0.29, 0.717) is 0 Å². The van der Waals surface area contributed by atoms with Crippen LogP contribution in [-0.4, -0.2) is 58.3 Å². The minimum Gasteiger partial charge on any atom is -0.383 e. The van der Waals surface area contributed by atoms with Crippen LogP contribution in [0, 0.1) is 0 Å². The van der Waals surface area contributed by atoms with E-state index in [0.717, 1.165) is 45.2 Å². The fraction of sp³-hybridized carbons (Fsp3) is 0.667. The average molecular weight is 440 g/mol. The summed E-state index contributed by atoms with van der Waals surface area (Å²) in [5.74, 6) is 0.849. The molecule has 0 aliphatic heterocycles. The van der Waals surface area contributed by atoms with Crippen molar-refractivity contribution in [1.82, 2.24) is 15.5 Å². The molecule has 0 atom stereocenters. The van der Waals surface area contributed by atoms with Crippen molar-refractivity contribution in [3.8, 4) is 0 Å². The Labute approximate surface area is 155 Å². The van der Waals surface area contributed by atoms with Crippen molar-refractivity contribution in [1.29, 1.82) is 0 Å². The van der Waals surface area contributed by atoms with E-state index < -0.39 is 0 Å². The molecule has 2 N–H and O–H groups in total. The number of nitrogens with zero attached hydrogens (tertiary/aromatic N) is 2. The smallest absolute Gasteiger partial charge is 0.191 e. The first-order valence-corrected chi connectivity index (χ1v) is 8.20. The Morgan fingerprint density at radius 2 is 2.00 bits per heavy atom. The molecular formula is C15H29IN4OS. The molecule has 1 aromatic heterocycles. The fourth-order valence-corrected chi connectivity index (χ4v) is 2.72. The van der Waals surface area contributed by atoms with Crippen molar-refractivity contribution < 1.29 is 4.74 Å². The number of ether oxygens (including phenoxy) is 1. The van der Waals surface area contributed by atoms with Crippen LogP contribution in [0.1, 0.15) is 16.7 Å². The van der Waals surface area contributed by atoms with Gasteiger partial charge in [-0.05, 0) is 25.6 Å². The van der Waals surface area contributed by atoms with E-state index in [4.69, 9.17) is 4.74 Å². The quantitative estimate of drug-likeness (QED) is 0.351. The SMILES string of the molecule is CCc1ccc(CNC(=NC)NCCN(C)CCOC)s1.I. The van der Waals surface area contributed by atoms with Crippen molar-refractivity contribution in [2.45, 2.75) is 19.9 Å². The zero-order chi connectivity index (χ0) is 15.5. The Balaban J connectivity index is 0.00000441. The largest absolute Gasteiger partial charge is 0.383 e. The van der Waals surface area contributed by atoms with Gasteiger partial charge < -0.3 is 20.3 Å². The zero-order valence-corrected chi connectivity index (χ0v) is 17.2. The van der Waals surface area contributed by atoms with Crippen LogP contribution in [0.4, 0.5) is 0 Å². The lowest BCUT2D eigenvalue weighted by Crippen LogP contribution is -2.40. The van der Waals surface area contributed by atoms with E-state index in [2.05, 4.69) is 46.6 Å². The number of guanidine groups is 1. The summed E-state index contributed by atoms with van der Waals surface area (Å²) in [6, 6.07) is 4.38. The Kier molecular flexibility index (Phi) is 12.9. The Bertz CT molecular complexity index is 425. The summed E-state index contributed by atoms with van der Waals surface area (Å²) in [6.07, 6.45) is 1.10. The van der Waals surface area contributed by atoms with Gasteiger partial charge in [-0.1, -0.05) is 6.92 Å². The second kappa shape index (κ2) is 13.1. The van der Waals surface area contributed by atoms with Gasteiger partial charge in [0.15, 0.2) is 5.96 Å². The molecule has 0 spiro atoms. The van der Waals surface area contributed by atoms with E-state index >= 15 is 0 Å². The third kappa shape index (κ3) is 8.92. The van der Waals surface area contributed by atoms with Gasteiger partial charge in [0, 0.05) is 43.5 Å². The van der Waals surface area contributed by atoms with Crippen molar-refractivity contribution in [2.24, 2.45) is 4.99 Å². The summed E-state index contributed by atoms with van der Waals surface area (Å²) in [5.41, 5.74) is 0. The van der Waals surface area contributed by atoms with Crippen molar-refractivity contribution in [2.75, 3.05) is 47.4 Å². The number of hydrogen-bond acceptors (Lipinski definition) is 4. The molecule has 128 valence electrons. The highest BCUT2D eigenvalue weighted by molar-refractivity contribution is 14.0. The number of hydrogen-bond donors (Lipinski definition) is 2. The monoisotopic (exact) mass is 440 g/mol. The van der Waals surface area contributed by atoms with E-state index in [1.54, 1.807) is 14.2 Å². The molecule has 1 heterocycles. The molecule has 1 rings (SSSR count).